The Hall–Kier alpha value is -0.770. The summed E-state index contributed by atoms with van der Waals surface area (Å²) in [6, 6.07) is 6.19. The lowest BCUT2D eigenvalue weighted by atomic mass is 9.53. The second-order valence-corrected chi connectivity index (χ2v) is 6.28. The van der Waals surface area contributed by atoms with Crippen LogP contribution in [0.2, 0.25) is 0 Å². The lowest BCUT2D eigenvalue weighted by Gasteiger charge is -2.54. The molecule has 0 spiro atoms. The number of aliphatic hydroxyl groups is 1. The second-order valence-electron chi connectivity index (χ2n) is 6.28. The summed E-state index contributed by atoms with van der Waals surface area (Å²) >= 11 is 0. The Morgan fingerprint density at radius 3 is 2.65 bits per heavy atom. The molecular weight excluding hydrogens is 272 g/mol. The molecule has 1 saturated carbocycles. The number of nitrogen functional groups attached to an aromatic ring is 1. The lowest BCUT2D eigenvalue weighted by molar-refractivity contribution is -0.0861. The smallest absolute Gasteiger partial charge is 0.0747 e. The van der Waals surface area contributed by atoms with Crippen molar-refractivity contribution in [3.05, 3.63) is 29.3 Å². The molecule has 2 aliphatic carbocycles. The number of aryl methyl sites for hydroxylation is 1. The number of hydrogen-bond donors (Lipinski definition) is 3. The van der Waals surface area contributed by atoms with E-state index in [2.05, 4.69) is 12.1 Å². The molecule has 3 nitrogen and oxygen atoms in total. The van der Waals surface area contributed by atoms with Gasteiger partial charge in [0.1, 0.15) is 0 Å². The highest BCUT2D eigenvalue weighted by Gasteiger charge is 2.54. The fourth-order valence-electron chi connectivity index (χ4n) is 4.40. The van der Waals surface area contributed by atoms with Crippen molar-refractivity contribution < 1.29 is 5.11 Å². The van der Waals surface area contributed by atoms with Gasteiger partial charge in [-0.2, -0.15) is 0 Å². The quantitative estimate of drug-likeness (QED) is 0.734. The highest BCUT2D eigenvalue weighted by Crippen LogP contribution is 2.54. The summed E-state index contributed by atoms with van der Waals surface area (Å²) in [5.74, 6) is 0. The first-order valence-electron chi connectivity index (χ1n) is 7.43. The number of nitrogens with two attached hydrogens (primary N) is 2. The van der Waals surface area contributed by atoms with Crippen molar-refractivity contribution in [3.63, 3.8) is 0 Å². The van der Waals surface area contributed by atoms with Crippen LogP contribution in [-0.2, 0) is 11.8 Å². The van der Waals surface area contributed by atoms with Crippen LogP contribution in [-0.4, -0.2) is 17.3 Å². The molecule has 4 heteroatoms. The molecule has 0 heterocycles. The van der Waals surface area contributed by atoms with Crippen LogP contribution in [0.15, 0.2) is 18.2 Å². The summed E-state index contributed by atoms with van der Waals surface area (Å²) < 4.78 is 0. The van der Waals surface area contributed by atoms with E-state index in [-0.39, 0.29) is 17.8 Å². The minimum absolute atomic E-state index is 0. The van der Waals surface area contributed by atoms with Crippen LogP contribution < -0.4 is 11.5 Å². The molecule has 0 aliphatic heterocycles. The van der Waals surface area contributed by atoms with Gasteiger partial charge in [0.25, 0.3) is 0 Å². The minimum atomic E-state index is -0.578. The fourth-order valence-corrected chi connectivity index (χ4v) is 4.40. The zero-order valence-electron chi connectivity index (χ0n) is 11.9. The third-order valence-corrected chi connectivity index (χ3v) is 5.36. The highest BCUT2D eigenvalue weighted by atomic mass is 35.5. The molecule has 1 fully saturated rings. The number of anilines is 1. The van der Waals surface area contributed by atoms with Crippen LogP contribution in [0.25, 0.3) is 0 Å². The minimum Gasteiger partial charge on any atom is -0.399 e. The first-order valence-corrected chi connectivity index (χ1v) is 7.43. The topological polar surface area (TPSA) is 72.3 Å². The van der Waals surface area contributed by atoms with Gasteiger partial charge in [-0.05, 0) is 61.9 Å². The highest BCUT2D eigenvalue weighted by molar-refractivity contribution is 5.85. The predicted octanol–water partition coefficient (Wildman–Crippen LogP) is 2.53. The Labute approximate surface area is 127 Å². The molecule has 2 atom stereocenters. The Morgan fingerprint density at radius 2 is 1.90 bits per heavy atom. The normalized spacial score (nSPS) is 31.9. The maximum atomic E-state index is 11.2. The third-order valence-electron chi connectivity index (χ3n) is 5.36. The number of fused-ring (bicyclic) bond motifs is 3. The van der Waals surface area contributed by atoms with E-state index >= 15 is 0 Å². The van der Waals surface area contributed by atoms with E-state index in [1.54, 1.807) is 0 Å². The molecule has 5 N–H and O–H groups in total. The van der Waals surface area contributed by atoms with Gasteiger partial charge in [-0.1, -0.05) is 18.9 Å². The van der Waals surface area contributed by atoms with Crippen molar-refractivity contribution >= 4 is 18.1 Å². The molecule has 0 amide bonds. The van der Waals surface area contributed by atoms with Crippen LogP contribution in [0.3, 0.4) is 0 Å². The molecule has 0 bridgehead atoms. The van der Waals surface area contributed by atoms with Gasteiger partial charge in [0.15, 0.2) is 0 Å². The van der Waals surface area contributed by atoms with E-state index in [0.29, 0.717) is 6.54 Å². The lowest BCUT2D eigenvalue weighted by Crippen LogP contribution is -2.57. The Bertz CT molecular complexity index is 489. The van der Waals surface area contributed by atoms with Gasteiger partial charge in [0.2, 0.25) is 0 Å². The molecule has 3 rings (SSSR count). The molecule has 1 aromatic carbocycles. The molecule has 2 aliphatic rings. The average molecular weight is 297 g/mol. The zero-order chi connectivity index (χ0) is 13.5. The van der Waals surface area contributed by atoms with E-state index in [1.807, 2.05) is 6.07 Å². The van der Waals surface area contributed by atoms with Gasteiger partial charge in [-0.25, -0.2) is 0 Å². The molecule has 20 heavy (non-hydrogen) atoms. The third kappa shape index (κ3) is 2.12. The van der Waals surface area contributed by atoms with Crippen molar-refractivity contribution in [3.8, 4) is 0 Å². The standard InChI is InChI=1S/C16H24N2O.ClH/c17-10-9-15-6-1-2-7-16(15,19)8-5-12-3-4-13(18)11-14(12)15;/h3-4,11,19H,1-2,5-10,17-18H2;1H. The number of rotatable bonds is 2. The van der Waals surface area contributed by atoms with Crippen LogP contribution in [0.5, 0.6) is 0 Å². The van der Waals surface area contributed by atoms with Crippen molar-refractivity contribution in [1.82, 2.24) is 0 Å². The average Bonchev–Trinajstić information content (AvgIpc) is 2.40. The summed E-state index contributed by atoms with van der Waals surface area (Å²) in [4.78, 5) is 0. The molecule has 1 aromatic rings. The second kappa shape index (κ2) is 5.55. The SMILES string of the molecule is Cl.NCCC12CCCCC1(O)CCc1ccc(N)cc12. The first kappa shape index (κ1) is 15.6. The van der Waals surface area contributed by atoms with Crippen molar-refractivity contribution in [2.75, 3.05) is 12.3 Å². The molecule has 0 aromatic heterocycles. The molecular formula is C16H25ClN2O. The van der Waals surface area contributed by atoms with Gasteiger partial charge < -0.3 is 16.6 Å². The molecule has 112 valence electrons. The molecule has 2 unspecified atom stereocenters. The van der Waals surface area contributed by atoms with Crippen LogP contribution in [0.4, 0.5) is 5.69 Å². The summed E-state index contributed by atoms with van der Waals surface area (Å²) in [5.41, 5.74) is 14.5. The first-order chi connectivity index (χ1) is 9.11. The molecule has 0 radical (unpaired) electrons. The monoisotopic (exact) mass is 296 g/mol. The number of hydrogen-bond acceptors (Lipinski definition) is 3. The van der Waals surface area contributed by atoms with Gasteiger partial charge in [-0.3, -0.25) is 0 Å². The van der Waals surface area contributed by atoms with Gasteiger partial charge in [0, 0.05) is 11.1 Å². The summed E-state index contributed by atoms with van der Waals surface area (Å²) in [6.45, 7) is 0.622. The van der Waals surface area contributed by atoms with Crippen molar-refractivity contribution in [2.24, 2.45) is 5.73 Å². The summed E-state index contributed by atoms with van der Waals surface area (Å²) in [5, 5.41) is 11.2. The van der Waals surface area contributed by atoms with E-state index in [1.165, 1.54) is 17.5 Å². The zero-order valence-corrected chi connectivity index (χ0v) is 12.7. The van der Waals surface area contributed by atoms with E-state index in [4.69, 9.17) is 11.5 Å². The fraction of sp³-hybridized carbons (Fsp3) is 0.625. The largest absolute Gasteiger partial charge is 0.399 e. The maximum absolute atomic E-state index is 11.2. The number of benzene rings is 1. The van der Waals surface area contributed by atoms with Gasteiger partial charge in [0.05, 0.1) is 5.60 Å². The number of halogens is 1. The van der Waals surface area contributed by atoms with E-state index < -0.39 is 5.60 Å². The van der Waals surface area contributed by atoms with Crippen molar-refractivity contribution in [1.29, 1.82) is 0 Å². The molecule has 0 saturated heterocycles. The van der Waals surface area contributed by atoms with Crippen LogP contribution in [0.1, 0.15) is 49.7 Å². The summed E-state index contributed by atoms with van der Waals surface area (Å²) in [7, 11) is 0. The maximum Gasteiger partial charge on any atom is 0.0747 e. The van der Waals surface area contributed by atoms with Crippen LogP contribution >= 0.6 is 12.4 Å². The van der Waals surface area contributed by atoms with Gasteiger partial charge >= 0.3 is 0 Å². The Balaban J connectivity index is 0.00000147. The summed E-state index contributed by atoms with van der Waals surface area (Å²) in [6.07, 6.45) is 6.93. The van der Waals surface area contributed by atoms with Crippen molar-refractivity contribution in [2.45, 2.75) is 56.0 Å². The Kier molecular flexibility index (Phi) is 4.33. The van der Waals surface area contributed by atoms with E-state index in [9.17, 15) is 5.11 Å². The Morgan fingerprint density at radius 1 is 1.15 bits per heavy atom. The predicted molar refractivity (Wildman–Crippen MR) is 85.2 cm³/mol. The van der Waals surface area contributed by atoms with E-state index in [0.717, 1.165) is 44.2 Å². The van der Waals surface area contributed by atoms with Crippen LogP contribution in [0, 0.1) is 0 Å². The van der Waals surface area contributed by atoms with Gasteiger partial charge in [-0.15, -0.1) is 12.4 Å².